The summed E-state index contributed by atoms with van der Waals surface area (Å²) in [6, 6.07) is 5.97. The van der Waals surface area contributed by atoms with E-state index in [1.165, 1.54) is 5.69 Å². The quantitative estimate of drug-likeness (QED) is 0.753. The molecule has 0 atom stereocenters. The Morgan fingerprint density at radius 3 is 2.50 bits per heavy atom. The second kappa shape index (κ2) is 5.26. The normalized spacial score (nSPS) is 17.8. The van der Waals surface area contributed by atoms with Gasteiger partial charge in [0.05, 0.1) is 0 Å². The molecule has 4 heteroatoms. The molecule has 0 saturated carbocycles. The number of rotatable bonds is 2. The number of benzene rings is 1. The van der Waals surface area contributed by atoms with Gasteiger partial charge in [0, 0.05) is 42.8 Å². The smallest absolute Gasteiger partial charge is 0.0495 e. The highest BCUT2D eigenvalue weighted by molar-refractivity contribution is 6.30. The van der Waals surface area contributed by atoms with Crippen molar-refractivity contribution in [2.75, 3.05) is 38.1 Å². The molecule has 1 aliphatic rings. The van der Waals surface area contributed by atoms with E-state index in [-0.39, 0.29) is 0 Å². The van der Waals surface area contributed by atoms with Crippen LogP contribution in [0.25, 0.3) is 0 Å². The van der Waals surface area contributed by atoms with Crippen LogP contribution in [0.2, 0.25) is 5.02 Å². The standard InChI is InChI=1S/C12H16Cl2N2/c1-15-4-6-16(7-5-15)12-3-2-11(14)8-10(12)9-13/h2-3,8H,4-7,9H2,1H3. The zero-order valence-electron chi connectivity index (χ0n) is 9.42. The Kier molecular flexibility index (Phi) is 3.95. The Bertz CT molecular complexity index is 360. The highest BCUT2D eigenvalue weighted by Crippen LogP contribution is 2.26. The highest BCUT2D eigenvalue weighted by atomic mass is 35.5. The second-order valence-electron chi connectivity index (χ2n) is 4.20. The van der Waals surface area contributed by atoms with Crippen LogP contribution in [0, 0.1) is 0 Å². The fourth-order valence-corrected chi connectivity index (χ4v) is 2.43. The zero-order chi connectivity index (χ0) is 11.5. The van der Waals surface area contributed by atoms with Crippen molar-refractivity contribution in [2.45, 2.75) is 5.88 Å². The Morgan fingerprint density at radius 2 is 1.88 bits per heavy atom. The lowest BCUT2D eigenvalue weighted by Crippen LogP contribution is -2.44. The van der Waals surface area contributed by atoms with Crippen molar-refractivity contribution in [3.63, 3.8) is 0 Å². The molecule has 1 aromatic carbocycles. The van der Waals surface area contributed by atoms with E-state index in [4.69, 9.17) is 23.2 Å². The maximum absolute atomic E-state index is 5.97. The molecule has 0 aliphatic carbocycles. The van der Waals surface area contributed by atoms with Gasteiger partial charge < -0.3 is 9.80 Å². The van der Waals surface area contributed by atoms with Crippen molar-refractivity contribution in [1.82, 2.24) is 4.90 Å². The van der Waals surface area contributed by atoms with E-state index in [9.17, 15) is 0 Å². The first-order chi connectivity index (χ1) is 7.70. The van der Waals surface area contributed by atoms with Crippen molar-refractivity contribution in [3.8, 4) is 0 Å². The first-order valence-corrected chi connectivity index (χ1v) is 6.40. The van der Waals surface area contributed by atoms with E-state index in [1.807, 2.05) is 12.1 Å². The van der Waals surface area contributed by atoms with Crippen LogP contribution in [0.15, 0.2) is 18.2 Å². The van der Waals surface area contributed by atoms with Crippen LogP contribution < -0.4 is 4.90 Å². The number of alkyl halides is 1. The van der Waals surface area contributed by atoms with E-state index in [0.29, 0.717) is 5.88 Å². The number of piperazine rings is 1. The molecule has 1 heterocycles. The van der Waals surface area contributed by atoms with Crippen LogP contribution in [0.5, 0.6) is 0 Å². The van der Waals surface area contributed by atoms with E-state index in [2.05, 4.69) is 22.9 Å². The van der Waals surface area contributed by atoms with Gasteiger partial charge in [-0.3, -0.25) is 0 Å². The monoisotopic (exact) mass is 258 g/mol. The minimum Gasteiger partial charge on any atom is -0.369 e. The van der Waals surface area contributed by atoms with Gasteiger partial charge in [-0.05, 0) is 30.8 Å². The maximum atomic E-state index is 5.97. The highest BCUT2D eigenvalue weighted by Gasteiger charge is 2.16. The fourth-order valence-electron chi connectivity index (χ4n) is 2.02. The van der Waals surface area contributed by atoms with Crippen LogP contribution in [0.3, 0.4) is 0 Å². The average Bonchev–Trinajstić information content (AvgIpc) is 2.30. The van der Waals surface area contributed by atoms with Crippen molar-refractivity contribution >= 4 is 28.9 Å². The van der Waals surface area contributed by atoms with Crippen LogP contribution in [-0.2, 0) is 5.88 Å². The van der Waals surface area contributed by atoms with E-state index in [0.717, 1.165) is 36.8 Å². The molecule has 0 amide bonds. The lowest BCUT2D eigenvalue weighted by molar-refractivity contribution is 0.312. The molecule has 1 aliphatic heterocycles. The topological polar surface area (TPSA) is 6.48 Å². The Labute approximate surface area is 107 Å². The third-order valence-electron chi connectivity index (χ3n) is 3.03. The van der Waals surface area contributed by atoms with Gasteiger partial charge in [-0.25, -0.2) is 0 Å². The molecule has 0 N–H and O–H groups in total. The summed E-state index contributed by atoms with van der Waals surface area (Å²) in [5.41, 5.74) is 2.35. The van der Waals surface area contributed by atoms with Gasteiger partial charge in [-0.2, -0.15) is 0 Å². The van der Waals surface area contributed by atoms with Crippen LogP contribution in [0.4, 0.5) is 5.69 Å². The molecule has 0 aromatic heterocycles. The first-order valence-electron chi connectivity index (χ1n) is 5.48. The van der Waals surface area contributed by atoms with Crippen molar-refractivity contribution in [3.05, 3.63) is 28.8 Å². The van der Waals surface area contributed by atoms with Gasteiger partial charge in [0.25, 0.3) is 0 Å². The molecule has 0 radical (unpaired) electrons. The summed E-state index contributed by atoms with van der Waals surface area (Å²) in [4.78, 5) is 4.72. The molecule has 1 aromatic rings. The molecule has 0 unspecified atom stereocenters. The molecule has 0 spiro atoms. The van der Waals surface area contributed by atoms with Gasteiger partial charge >= 0.3 is 0 Å². The summed E-state index contributed by atoms with van der Waals surface area (Å²) in [7, 11) is 2.15. The minimum absolute atomic E-state index is 0.516. The maximum Gasteiger partial charge on any atom is 0.0495 e. The number of hydrogen-bond donors (Lipinski definition) is 0. The molecule has 2 nitrogen and oxygen atoms in total. The van der Waals surface area contributed by atoms with Gasteiger partial charge in [-0.1, -0.05) is 11.6 Å². The van der Waals surface area contributed by atoms with Crippen molar-refractivity contribution in [1.29, 1.82) is 0 Å². The molecular weight excluding hydrogens is 243 g/mol. The summed E-state index contributed by atoms with van der Waals surface area (Å²) in [5.74, 6) is 0.516. The van der Waals surface area contributed by atoms with Crippen LogP contribution in [0.1, 0.15) is 5.56 Å². The molecule has 2 rings (SSSR count). The number of halogens is 2. The largest absolute Gasteiger partial charge is 0.369 e. The summed E-state index contributed by atoms with van der Waals surface area (Å²) in [6.45, 7) is 4.32. The third-order valence-corrected chi connectivity index (χ3v) is 3.55. The minimum atomic E-state index is 0.516. The molecule has 16 heavy (non-hydrogen) atoms. The number of hydrogen-bond acceptors (Lipinski definition) is 2. The van der Waals surface area contributed by atoms with Crippen molar-refractivity contribution in [2.24, 2.45) is 0 Å². The number of nitrogens with zero attached hydrogens (tertiary/aromatic N) is 2. The van der Waals surface area contributed by atoms with E-state index in [1.54, 1.807) is 0 Å². The number of anilines is 1. The summed E-state index contributed by atoms with van der Waals surface area (Å²) in [6.07, 6.45) is 0. The lowest BCUT2D eigenvalue weighted by atomic mass is 10.1. The molecule has 0 bridgehead atoms. The van der Waals surface area contributed by atoms with Gasteiger partial charge in [0.2, 0.25) is 0 Å². The fraction of sp³-hybridized carbons (Fsp3) is 0.500. The SMILES string of the molecule is CN1CCN(c2ccc(Cl)cc2CCl)CC1. The Hall–Kier alpha value is -0.440. The molecule has 1 fully saturated rings. The van der Waals surface area contributed by atoms with E-state index >= 15 is 0 Å². The lowest BCUT2D eigenvalue weighted by Gasteiger charge is -2.35. The van der Waals surface area contributed by atoms with Crippen molar-refractivity contribution < 1.29 is 0 Å². The second-order valence-corrected chi connectivity index (χ2v) is 4.90. The zero-order valence-corrected chi connectivity index (χ0v) is 10.9. The average molecular weight is 259 g/mol. The van der Waals surface area contributed by atoms with Crippen LogP contribution >= 0.6 is 23.2 Å². The third kappa shape index (κ3) is 2.62. The Balaban J connectivity index is 2.19. The predicted octanol–water partition coefficient (Wildman–Crippen LogP) is 2.83. The van der Waals surface area contributed by atoms with Gasteiger partial charge in [0.1, 0.15) is 0 Å². The van der Waals surface area contributed by atoms with E-state index < -0.39 is 0 Å². The Morgan fingerprint density at radius 1 is 1.19 bits per heavy atom. The molecule has 88 valence electrons. The molecular formula is C12H16Cl2N2. The number of likely N-dealkylation sites (N-methyl/N-ethyl adjacent to an activating group) is 1. The summed E-state index contributed by atoms with van der Waals surface area (Å²) < 4.78 is 0. The predicted molar refractivity (Wildman–Crippen MR) is 70.7 cm³/mol. The van der Waals surface area contributed by atoms with Gasteiger partial charge in [0.15, 0.2) is 0 Å². The molecule has 1 saturated heterocycles. The summed E-state index contributed by atoms with van der Waals surface area (Å²) in [5, 5.41) is 0.758. The summed E-state index contributed by atoms with van der Waals surface area (Å²) >= 11 is 11.9. The van der Waals surface area contributed by atoms with Crippen LogP contribution in [-0.4, -0.2) is 38.1 Å². The first kappa shape index (κ1) is 12.0. The van der Waals surface area contributed by atoms with Gasteiger partial charge in [-0.15, -0.1) is 11.6 Å².